The number of alkyl carbamates (subject to hydrolysis) is 1. The smallest absolute Gasteiger partial charge is 0.478 e. The van der Waals surface area contributed by atoms with Crippen LogP contribution in [0, 0.1) is 0 Å². The summed E-state index contributed by atoms with van der Waals surface area (Å²) in [6, 6.07) is -1.97. The molecule has 38 heavy (non-hydrogen) atoms. The van der Waals surface area contributed by atoms with Crippen molar-refractivity contribution in [2.45, 2.75) is 70.6 Å². The van der Waals surface area contributed by atoms with E-state index in [1.165, 1.54) is 19.9 Å². The Morgan fingerprint density at radius 2 is 1.97 bits per heavy atom. The minimum Gasteiger partial charge on any atom is -0.478 e. The highest BCUT2D eigenvalue weighted by molar-refractivity contribution is 5.94. The van der Waals surface area contributed by atoms with Gasteiger partial charge in [0, 0.05) is 18.4 Å². The summed E-state index contributed by atoms with van der Waals surface area (Å²) in [4.78, 5) is 55.6. The number of ether oxygens (including phenoxy) is 6. The molecule has 2 heterocycles. The van der Waals surface area contributed by atoms with E-state index >= 15 is 0 Å². The van der Waals surface area contributed by atoms with E-state index in [-0.39, 0.29) is 31.4 Å². The number of esters is 1. The molecule has 0 unspecified atom stereocenters. The van der Waals surface area contributed by atoms with Crippen molar-refractivity contribution in [3.05, 3.63) is 22.3 Å². The van der Waals surface area contributed by atoms with E-state index in [9.17, 15) is 19.2 Å². The van der Waals surface area contributed by atoms with Gasteiger partial charge in [-0.15, -0.1) is 0 Å². The lowest BCUT2D eigenvalue weighted by Gasteiger charge is -2.40. The van der Waals surface area contributed by atoms with Gasteiger partial charge in [-0.1, -0.05) is 5.11 Å². The van der Waals surface area contributed by atoms with Crippen LogP contribution in [0.15, 0.2) is 21.9 Å². The molecule has 2 rings (SSSR count). The van der Waals surface area contributed by atoms with Gasteiger partial charge in [-0.2, -0.15) is 0 Å². The Morgan fingerprint density at radius 3 is 2.53 bits per heavy atom. The van der Waals surface area contributed by atoms with Crippen molar-refractivity contribution >= 4 is 30.0 Å². The number of azide groups is 1. The first kappa shape index (κ1) is 30.2. The Bertz CT molecular complexity index is 1020. The average Bonchev–Trinajstić information content (AvgIpc) is 3.24. The Hall–Kier alpha value is -4.04. The molecule has 16 heteroatoms. The van der Waals surface area contributed by atoms with Crippen molar-refractivity contribution in [3.63, 3.8) is 0 Å². The molecule has 5 atom stereocenters. The zero-order valence-electron chi connectivity index (χ0n) is 22.0. The van der Waals surface area contributed by atoms with Gasteiger partial charge < -0.3 is 33.7 Å². The van der Waals surface area contributed by atoms with Crippen molar-refractivity contribution in [1.29, 1.82) is 0 Å². The van der Waals surface area contributed by atoms with Gasteiger partial charge >= 0.3 is 18.2 Å². The Labute approximate surface area is 218 Å². The SMILES string of the molecule is COC(=O)C1=C[C@H](N=C(C)NC(=O)OC(C)(C)C)[C@@H](NC(C)=O)[C@H]([C@H](OCCN=[N+]=[N-])[C@H]2COC(=O)O2)O1. The fraction of sp³-hybridized carbons (Fsp3) is 0.682. The van der Waals surface area contributed by atoms with Crippen molar-refractivity contribution in [2.24, 2.45) is 10.1 Å². The summed E-state index contributed by atoms with van der Waals surface area (Å²) in [5.74, 6) is -1.46. The summed E-state index contributed by atoms with van der Waals surface area (Å²) in [5.41, 5.74) is 7.80. The standard InChI is InChI=1S/C22H32N6O10/c1-11(26-20(31)38-22(3,4)5)25-13-9-14(19(30)33-6)36-18(16(13)27-12(2)29)17(34-8-7-24-28-23)15-10-35-21(32)37-15/h9,13,15-18H,7-8,10H2,1-6H3,(H,27,29)(H,25,26,31)/t13-,15+,16+,17+,18+/m0/s1. The van der Waals surface area contributed by atoms with Crippen LogP contribution in [-0.4, -0.2) is 92.8 Å². The highest BCUT2D eigenvalue weighted by atomic mass is 16.8. The second-order valence-electron chi connectivity index (χ2n) is 9.17. The molecule has 0 spiro atoms. The summed E-state index contributed by atoms with van der Waals surface area (Å²) in [7, 11) is 1.15. The van der Waals surface area contributed by atoms with Crippen LogP contribution in [-0.2, 0) is 38.0 Å². The van der Waals surface area contributed by atoms with E-state index in [4.69, 9.17) is 34.0 Å². The minimum atomic E-state index is -1.17. The number of aliphatic imine (C=N–C) groups is 1. The van der Waals surface area contributed by atoms with Crippen LogP contribution < -0.4 is 10.6 Å². The Morgan fingerprint density at radius 1 is 1.26 bits per heavy atom. The second-order valence-corrected chi connectivity index (χ2v) is 9.17. The molecule has 2 amide bonds. The largest absolute Gasteiger partial charge is 0.508 e. The normalized spacial score (nSPS) is 23.9. The maximum Gasteiger partial charge on any atom is 0.508 e. The molecule has 0 aromatic rings. The topological polar surface area (TPSA) is 209 Å². The maximum absolute atomic E-state index is 12.5. The lowest BCUT2D eigenvalue weighted by atomic mass is 9.92. The van der Waals surface area contributed by atoms with E-state index in [0.717, 1.165) is 7.11 Å². The molecular weight excluding hydrogens is 508 g/mol. The molecule has 2 aliphatic rings. The first-order valence-electron chi connectivity index (χ1n) is 11.6. The lowest BCUT2D eigenvalue weighted by molar-refractivity contribution is -0.151. The van der Waals surface area contributed by atoms with Crippen molar-refractivity contribution in [1.82, 2.24) is 10.6 Å². The number of methoxy groups -OCH3 is 1. The molecule has 2 aliphatic heterocycles. The summed E-state index contributed by atoms with van der Waals surface area (Å²) >= 11 is 0. The summed E-state index contributed by atoms with van der Waals surface area (Å²) < 4.78 is 31.9. The minimum absolute atomic E-state index is 0.0633. The van der Waals surface area contributed by atoms with Crippen LogP contribution >= 0.6 is 0 Å². The number of cyclic esters (lactones) is 2. The van der Waals surface area contributed by atoms with Gasteiger partial charge in [-0.05, 0) is 39.3 Å². The zero-order valence-corrected chi connectivity index (χ0v) is 22.0. The molecule has 1 fully saturated rings. The molecular formula is C22H32N6O10. The van der Waals surface area contributed by atoms with Crippen LogP contribution in [0.4, 0.5) is 9.59 Å². The molecule has 0 aromatic carbocycles. The van der Waals surface area contributed by atoms with Gasteiger partial charge in [0.05, 0.1) is 25.8 Å². The first-order chi connectivity index (χ1) is 17.8. The van der Waals surface area contributed by atoms with Gasteiger partial charge in [-0.25, -0.2) is 14.4 Å². The molecule has 0 saturated carbocycles. The lowest BCUT2D eigenvalue weighted by Crippen LogP contribution is -2.60. The van der Waals surface area contributed by atoms with Crippen LogP contribution in [0.3, 0.4) is 0 Å². The van der Waals surface area contributed by atoms with Gasteiger partial charge in [-0.3, -0.25) is 15.1 Å². The van der Waals surface area contributed by atoms with Crippen molar-refractivity contribution < 1.29 is 47.6 Å². The Balaban J connectivity index is 2.48. The Kier molecular flexibility index (Phi) is 10.7. The van der Waals surface area contributed by atoms with Crippen molar-refractivity contribution in [2.75, 3.05) is 26.9 Å². The summed E-state index contributed by atoms with van der Waals surface area (Å²) in [5, 5.41) is 8.62. The number of amides is 2. The molecule has 0 radical (unpaired) electrons. The number of carbonyl (C=O) groups excluding carboxylic acids is 4. The van der Waals surface area contributed by atoms with Crippen LogP contribution in [0.1, 0.15) is 34.6 Å². The third-order valence-electron chi connectivity index (χ3n) is 4.96. The van der Waals surface area contributed by atoms with E-state index in [1.807, 2.05) is 0 Å². The van der Waals surface area contributed by atoms with E-state index in [2.05, 4.69) is 25.7 Å². The summed E-state index contributed by atoms with van der Waals surface area (Å²) in [6.07, 6.45) is -3.68. The third-order valence-corrected chi connectivity index (χ3v) is 4.96. The van der Waals surface area contributed by atoms with Gasteiger partial charge in [0.15, 0.2) is 12.2 Å². The van der Waals surface area contributed by atoms with Crippen LogP contribution in [0.2, 0.25) is 0 Å². The molecule has 210 valence electrons. The van der Waals surface area contributed by atoms with Gasteiger partial charge in [0.1, 0.15) is 24.1 Å². The van der Waals surface area contributed by atoms with Gasteiger partial charge in [0.25, 0.3) is 0 Å². The highest BCUT2D eigenvalue weighted by Crippen LogP contribution is 2.29. The van der Waals surface area contributed by atoms with Crippen LogP contribution in [0.25, 0.3) is 10.4 Å². The molecule has 0 aliphatic carbocycles. The fourth-order valence-corrected chi connectivity index (χ4v) is 3.62. The number of amidine groups is 1. The molecule has 16 nitrogen and oxygen atoms in total. The maximum atomic E-state index is 12.5. The fourth-order valence-electron chi connectivity index (χ4n) is 3.62. The molecule has 0 aromatic heterocycles. The average molecular weight is 541 g/mol. The number of nitrogens with zero attached hydrogens (tertiary/aromatic N) is 4. The van der Waals surface area contributed by atoms with Crippen molar-refractivity contribution in [3.8, 4) is 0 Å². The van der Waals surface area contributed by atoms with E-state index in [0.29, 0.717) is 0 Å². The quantitative estimate of drug-likeness (QED) is 0.0629. The van der Waals surface area contributed by atoms with Crippen LogP contribution in [0.5, 0.6) is 0 Å². The van der Waals surface area contributed by atoms with Gasteiger partial charge in [0.2, 0.25) is 11.7 Å². The molecule has 1 saturated heterocycles. The highest BCUT2D eigenvalue weighted by Gasteiger charge is 2.48. The number of carbonyl (C=O) groups is 4. The monoisotopic (exact) mass is 540 g/mol. The number of nitrogens with one attached hydrogen (secondary N) is 2. The second kappa shape index (κ2) is 13.5. The first-order valence-corrected chi connectivity index (χ1v) is 11.6. The number of rotatable bonds is 9. The molecule has 2 N–H and O–H groups in total. The van der Waals surface area contributed by atoms with E-state index < -0.39 is 60.1 Å². The molecule has 0 bridgehead atoms. The number of hydrogen-bond donors (Lipinski definition) is 2. The van der Waals surface area contributed by atoms with E-state index in [1.54, 1.807) is 20.8 Å². The number of hydrogen-bond acceptors (Lipinski definition) is 12. The zero-order chi connectivity index (χ0) is 28.5. The summed E-state index contributed by atoms with van der Waals surface area (Å²) in [6.45, 7) is 7.46. The predicted molar refractivity (Wildman–Crippen MR) is 129 cm³/mol. The third kappa shape index (κ3) is 9.12. The predicted octanol–water partition coefficient (Wildman–Crippen LogP) is 1.49.